The van der Waals surface area contributed by atoms with Crippen LogP contribution >= 0.6 is 0 Å². The number of carbonyl (C=O) groups excluding carboxylic acids is 1. The Labute approximate surface area is 188 Å². The predicted octanol–water partition coefficient (Wildman–Crippen LogP) is 2.16. The molecular formula is C23H27N5O3S. The minimum absolute atomic E-state index is 0.0720. The largest absolute Gasteiger partial charge is 0.367 e. The van der Waals surface area contributed by atoms with Crippen LogP contribution in [-0.2, 0) is 21.4 Å². The number of rotatable bonds is 5. The number of carbonyl (C=O) groups is 1. The van der Waals surface area contributed by atoms with Crippen LogP contribution in [0.15, 0.2) is 59.5 Å². The summed E-state index contributed by atoms with van der Waals surface area (Å²) in [5.74, 6) is 0.0720. The lowest BCUT2D eigenvalue weighted by atomic mass is 10.0. The number of nitrogens with two attached hydrogens (primary N) is 1. The molecule has 2 N–H and O–H groups in total. The molecule has 0 bridgehead atoms. The number of nitrogens with zero attached hydrogens (tertiary/aromatic N) is 4. The number of piperazine rings is 1. The molecular weight excluding hydrogens is 426 g/mol. The summed E-state index contributed by atoms with van der Waals surface area (Å²) in [7, 11) is -3.72. The second-order valence-corrected chi connectivity index (χ2v) is 9.60. The first-order valence-corrected chi connectivity index (χ1v) is 12.0. The third-order valence-corrected chi connectivity index (χ3v) is 6.69. The van der Waals surface area contributed by atoms with Crippen molar-refractivity contribution in [2.75, 3.05) is 31.1 Å². The Morgan fingerprint density at radius 3 is 2.25 bits per heavy atom. The normalized spacial score (nSPS) is 14.6. The van der Waals surface area contributed by atoms with E-state index in [9.17, 15) is 13.2 Å². The summed E-state index contributed by atoms with van der Waals surface area (Å²) in [5.41, 5.74) is 4.87. The molecule has 2 aromatic carbocycles. The summed E-state index contributed by atoms with van der Waals surface area (Å²) in [4.78, 5) is 17.0. The van der Waals surface area contributed by atoms with Gasteiger partial charge in [0.25, 0.3) is 0 Å². The van der Waals surface area contributed by atoms with Crippen LogP contribution in [0.2, 0.25) is 0 Å². The maximum Gasteiger partial charge on any atom is 0.244 e. The second-order valence-electron chi connectivity index (χ2n) is 8.04. The fraction of sp³-hybridized carbons (Fsp3) is 0.304. The Kier molecular flexibility index (Phi) is 6.03. The van der Waals surface area contributed by atoms with E-state index in [0.29, 0.717) is 13.1 Å². The molecule has 1 saturated heterocycles. The molecule has 1 aliphatic heterocycles. The van der Waals surface area contributed by atoms with Gasteiger partial charge in [-0.15, -0.1) is 0 Å². The number of amides is 1. The summed E-state index contributed by atoms with van der Waals surface area (Å²) in [6.45, 7) is 6.84. The summed E-state index contributed by atoms with van der Waals surface area (Å²) in [6.07, 6.45) is 0. The van der Waals surface area contributed by atoms with Crippen molar-refractivity contribution in [1.29, 1.82) is 0 Å². The molecule has 0 spiro atoms. The zero-order valence-corrected chi connectivity index (χ0v) is 19.0. The number of primary sulfonamides is 1. The van der Waals surface area contributed by atoms with E-state index in [-0.39, 0.29) is 17.3 Å². The first kappa shape index (κ1) is 22.0. The van der Waals surface area contributed by atoms with E-state index in [1.807, 2.05) is 43.0 Å². The van der Waals surface area contributed by atoms with Gasteiger partial charge in [0.2, 0.25) is 15.9 Å². The van der Waals surface area contributed by atoms with Crippen molar-refractivity contribution < 1.29 is 13.2 Å². The molecule has 0 radical (unpaired) electrons. The lowest BCUT2D eigenvalue weighted by molar-refractivity contribution is -0.132. The number of hydrogen-bond donors (Lipinski definition) is 1. The second kappa shape index (κ2) is 8.76. The number of benzene rings is 2. The molecule has 9 heteroatoms. The highest BCUT2D eigenvalue weighted by Gasteiger charge is 2.23. The summed E-state index contributed by atoms with van der Waals surface area (Å²) in [6, 6.07) is 16.6. The van der Waals surface area contributed by atoms with Gasteiger partial charge in [0.1, 0.15) is 6.54 Å². The number of anilines is 1. The van der Waals surface area contributed by atoms with Crippen LogP contribution in [0, 0.1) is 13.8 Å². The van der Waals surface area contributed by atoms with Crippen LogP contribution in [0.25, 0.3) is 11.1 Å². The van der Waals surface area contributed by atoms with Crippen LogP contribution in [-0.4, -0.2) is 55.2 Å². The predicted molar refractivity (Wildman–Crippen MR) is 124 cm³/mol. The third kappa shape index (κ3) is 4.68. The molecule has 1 aliphatic rings. The molecule has 1 fully saturated rings. The van der Waals surface area contributed by atoms with Crippen LogP contribution < -0.4 is 10.0 Å². The van der Waals surface area contributed by atoms with Crippen molar-refractivity contribution in [2.45, 2.75) is 25.3 Å². The van der Waals surface area contributed by atoms with Crippen molar-refractivity contribution in [1.82, 2.24) is 14.7 Å². The summed E-state index contributed by atoms with van der Waals surface area (Å²) >= 11 is 0. The van der Waals surface area contributed by atoms with E-state index < -0.39 is 10.0 Å². The van der Waals surface area contributed by atoms with E-state index in [4.69, 9.17) is 5.14 Å². The first-order valence-electron chi connectivity index (χ1n) is 10.5. The molecule has 0 atom stereocenters. The van der Waals surface area contributed by atoms with Gasteiger partial charge in [0, 0.05) is 43.1 Å². The monoisotopic (exact) mass is 453 g/mol. The molecule has 2 heterocycles. The maximum atomic E-state index is 12.8. The number of aromatic nitrogens is 2. The fourth-order valence-electron chi connectivity index (χ4n) is 4.08. The topological polar surface area (TPSA) is 102 Å². The van der Waals surface area contributed by atoms with Gasteiger partial charge in [-0.25, -0.2) is 13.6 Å². The van der Waals surface area contributed by atoms with Crippen molar-refractivity contribution in [3.05, 3.63) is 66.0 Å². The molecule has 8 nitrogen and oxygen atoms in total. The van der Waals surface area contributed by atoms with Gasteiger partial charge in [0.15, 0.2) is 0 Å². The standard InChI is InChI=1S/C23H27N5O3S/c1-17-15-18(2)28(25-17)16-23(29)27-13-11-26(12-14-27)22-6-4-3-5-21(22)19-7-9-20(10-8-19)32(24,30)31/h3-10,15H,11-14,16H2,1-2H3,(H2,24,30,31). The van der Waals surface area contributed by atoms with E-state index in [2.05, 4.69) is 16.1 Å². The molecule has 0 unspecified atom stereocenters. The number of aryl methyl sites for hydroxylation is 2. The Balaban J connectivity index is 1.46. The van der Waals surface area contributed by atoms with Crippen LogP contribution in [0.3, 0.4) is 0 Å². The van der Waals surface area contributed by atoms with Gasteiger partial charge in [-0.2, -0.15) is 5.10 Å². The minimum Gasteiger partial charge on any atom is -0.367 e. The van der Waals surface area contributed by atoms with E-state index >= 15 is 0 Å². The molecule has 1 amide bonds. The molecule has 1 aromatic heterocycles. The highest BCUT2D eigenvalue weighted by Crippen LogP contribution is 2.32. The molecule has 3 aromatic rings. The van der Waals surface area contributed by atoms with Gasteiger partial charge in [-0.05, 0) is 43.7 Å². The van der Waals surface area contributed by atoms with Crippen LogP contribution in [0.1, 0.15) is 11.4 Å². The fourth-order valence-corrected chi connectivity index (χ4v) is 4.59. The van der Waals surface area contributed by atoms with Gasteiger partial charge in [0.05, 0.1) is 10.6 Å². The highest BCUT2D eigenvalue weighted by atomic mass is 32.2. The summed E-state index contributed by atoms with van der Waals surface area (Å²) < 4.78 is 24.9. The zero-order valence-electron chi connectivity index (χ0n) is 18.2. The van der Waals surface area contributed by atoms with Crippen molar-refractivity contribution in [3.63, 3.8) is 0 Å². The number of sulfonamides is 1. The lowest BCUT2D eigenvalue weighted by Gasteiger charge is -2.37. The van der Waals surface area contributed by atoms with Crippen molar-refractivity contribution in [3.8, 4) is 11.1 Å². The van der Waals surface area contributed by atoms with Gasteiger partial charge < -0.3 is 9.80 Å². The van der Waals surface area contributed by atoms with Crippen LogP contribution in [0.5, 0.6) is 0 Å². The smallest absolute Gasteiger partial charge is 0.244 e. The zero-order chi connectivity index (χ0) is 22.9. The molecule has 32 heavy (non-hydrogen) atoms. The average molecular weight is 454 g/mol. The third-order valence-electron chi connectivity index (χ3n) is 5.76. The molecule has 0 saturated carbocycles. The Hall–Kier alpha value is -3.17. The molecule has 168 valence electrons. The van der Waals surface area contributed by atoms with Crippen LogP contribution in [0.4, 0.5) is 5.69 Å². The molecule has 4 rings (SSSR count). The van der Waals surface area contributed by atoms with Crippen molar-refractivity contribution >= 4 is 21.6 Å². The average Bonchev–Trinajstić information content (AvgIpc) is 3.09. The van der Waals surface area contributed by atoms with E-state index in [1.165, 1.54) is 12.1 Å². The first-order chi connectivity index (χ1) is 15.2. The summed E-state index contributed by atoms with van der Waals surface area (Å²) in [5, 5.41) is 9.60. The molecule has 0 aliphatic carbocycles. The highest BCUT2D eigenvalue weighted by molar-refractivity contribution is 7.89. The maximum absolute atomic E-state index is 12.8. The van der Waals surface area contributed by atoms with E-state index in [1.54, 1.807) is 16.8 Å². The quantitative estimate of drug-likeness (QED) is 0.638. The van der Waals surface area contributed by atoms with Gasteiger partial charge in [-0.3, -0.25) is 9.48 Å². The SMILES string of the molecule is Cc1cc(C)n(CC(=O)N2CCN(c3ccccc3-c3ccc(S(N)(=O)=O)cc3)CC2)n1. The number of hydrogen-bond acceptors (Lipinski definition) is 5. The Bertz CT molecular complexity index is 1230. The van der Waals surface area contributed by atoms with Crippen molar-refractivity contribution in [2.24, 2.45) is 5.14 Å². The van der Waals surface area contributed by atoms with E-state index in [0.717, 1.165) is 41.3 Å². The van der Waals surface area contributed by atoms with Gasteiger partial charge >= 0.3 is 0 Å². The number of para-hydroxylation sites is 1. The Morgan fingerprint density at radius 1 is 1.00 bits per heavy atom. The minimum atomic E-state index is -3.72. The lowest BCUT2D eigenvalue weighted by Crippen LogP contribution is -2.49. The Morgan fingerprint density at radius 2 is 1.66 bits per heavy atom. The van der Waals surface area contributed by atoms with Gasteiger partial charge in [-0.1, -0.05) is 30.3 Å².